The molecule has 90 valence electrons. The zero-order valence-corrected chi connectivity index (χ0v) is 10.1. The average molecular weight is 223 g/mol. The topological polar surface area (TPSA) is 60.9 Å². The molecule has 0 saturated heterocycles. The number of nitrogens with two attached hydrogens (primary N) is 1. The highest BCUT2D eigenvalue weighted by atomic mass is 16.1. The molecule has 1 heterocycles. The van der Waals surface area contributed by atoms with Crippen molar-refractivity contribution in [2.45, 2.75) is 52.1 Å². The van der Waals surface area contributed by atoms with Crippen molar-refractivity contribution in [2.24, 2.45) is 5.73 Å². The van der Waals surface area contributed by atoms with Gasteiger partial charge in [-0.2, -0.15) is 5.10 Å². The molecule has 0 bridgehead atoms. The van der Waals surface area contributed by atoms with Crippen LogP contribution in [0.25, 0.3) is 0 Å². The van der Waals surface area contributed by atoms with Crippen molar-refractivity contribution in [3.63, 3.8) is 0 Å². The van der Waals surface area contributed by atoms with E-state index in [1.165, 1.54) is 0 Å². The summed E-state index contributed by atoms with van der Waals surface area (Å²) in [4.78, 5) is 11.7. The van der Waals surface area contributed by atoms with Crippen LogP contribution < -0.4 is 5.73 Å². The molecule has 1 unspecified atom stereocenters. The first-order chi connectivity index (χ1) is 7.65. The monoisotopic (exact) mass is 223 g/mol. The zero-order chi connectivity index (χ0) is 12.0. The smallest absolute Gasteiger partial charge is 0.138 e. The van der Waals surface area contributed by atoms with Crippen molar-refractivity contribution in [1.29, 1.82) is 0 Å². The van der Waals surface area contributed by atoms with Gasteiger partial charge in [-0.3, -0.25) is 9.48 Å². The number of ketones is 1. The van der Waals surface area contributed by atoms with Crippen LogP contribution in [0.3, 0.4) is 0 Å². The van der Waals surface area contributed by atoms with Gasteiger partial charge in [0, 0.05) is 31.6 Å². The molecule has 0 radical (unpaired) electrons. The molecule has 0 aliphatic heterocycles. The van der Waals surface area contributed by atoms with E-state index in [1.807, 2.05) is 17.8 Å². The molecule has 0 spiro atoms. The van der Waals surface area contributed by atoms with Crippen LogP contribution >= 0.6 is 0 Å². The summed E-state index contributed by atoms with van der Waals surface area (Å²) in [5, 5.41) is 4.14. The van der Waals surface area contributed by atoms with E-state index in [-0.39, 0.29) is 11.8 Å². The summed E-state index contributed by atoms with van der Waals surface area (Å²) >= 11 is 0. The van der Waals surface area contributed by atoms with Gasteiger partial charge in [0.15, 0.2) is 0 Å². The average Bonchev–Trinajstić information content (AvgIpc) is 2.65. The quantitative estimate of drug-likeness (QED) is 0.762. The van der Waals surface area contributed by atoms with Crippen molar-refractivity contribution >= 4 is 5.78 Å². The van der Waals surface area contributed by atoms with E-state index >= 15 is 0 Å². The molecule has 16 heavy (non-hydrogen) atoms. The molecule has 0 amide bonds. The van der Waals surface area contributed by atoms with Crippen molar-refractivity contribution in [1.82, 2.24) is 9.78 Å². The second-order valence-corrected chi connectivity index (χ2v) is 4.17. The van der Waals surface area contributed by atoms with Gasteiger partial charge in [-0.25, -0.2) is 0 Å². The van der Waals surface area contributed by atoms with Gasteiger partial charge in [0.1, 0.15) is 5.78 Å². The van der Waals surface area contributed by atoms with Gasteiger partial charge < -0.3 is 5.73 Å². The molecule has 4 nitrogen and oxygen atoms in total. The molecular weight excluding hydrogens is 202 g/mol. The second kappa shape index (κ2) is 6.43. The molecule has 0 saturated carbocycles. The van der Waals surface area contributed by atoms with E-state index in [1.54, 1.807) is 6.20 Å². The van der Waals surface area contributed by atoms with Gasteiger partial charge in [0.2, 0.25) is 0 Å². The summed E-state index contributed by atoms with van der Waals surface area (Å²) in [6.45, 7) is 4.94. The van der Waals surface area contributed by atoms with E-state index in [4.69, 9.17) is 5.73 Å². The third-order valence-electron chi connectivity index (χ3n) is 2.56. The normalized spacial score (nSPS) is 12.7. The highest BCUT2D eigenvalue weighted by Crippen LogP contribution is 2.05. The molecular formula is C12H21N3O. The first-order valence-electron chi connectivity index (χ1n) is 5.94. The van der Waals surface area contributed by atoms with Gasteiger partial charge >= 0.3 is 0 Å². The lowest BCUT2D eigenvalue weighted by molar-refractivity contribution is -0.118. The van der Waals surface area contributed by atoms with Crippen molar-refractivity contribution < 1.29 is 4.79 Å². The van der Waals surface area contributed by atoms with Crippen LogP contribution in [0, 0.1) is 0 Å². The number of aryl methyl sites for hydroxylation is 1. The summed E-state index contributed by atoms with van der Waals surface area (Å²) < 4.78 is 1.83. The molecule has 0 aromatic carbocycles. The lowest BCUT2D eigenvalue weighted by atomic mass is 10.0. The number of rotatable bonds is 7. The Morgan fingerprint density at radius 2 is 2.31 bits per heavy atom. The molecule has 1 rings (SSSR count). The number of aromatic nitrogens is 2. The maximum absolute atomic E-state index is 11.7. The molecule has 1 aromatic heterocycles. The van der Waals surface area contributed by atoms with Gasteiger partial charge in [-0.15, -0.1) is 0 Å². The Hall–Kier alpha value is -1.16. The largest absolute Gasteiger partial charge is 0.327 e. The summed E-state index contributed by atoms with van der Waals surface area (Å²) in [5.74, 6) is 0.205. The predicted molar refractivity (Wildman–Crippen MR) is 64.1 cm³/mol. The lowest BCUT2D eigenvalue weighted by Crippen LogP contribution is -2.24. The minimum atomic E-state index is 0.0127. The van der Waals surface area contributed by atoms with E-state index in [0.29, 0.717) is 12.8 Å². The lowest BCUT2D eigenvalue weighted by Gasteiger charge is -2.08. The summed E-state index contributed by atoms with van der Waals surface area (Å²) in [6, 6.07) is 0.0127. The van der Waals surface area contributed by atoms with Crippen molar-refractivity contribution in [3.05, 3.63) is 18.0 Å². The van der Waals surface area contributed by atoms with Crippen LogP contribution in [0.2, 0.25) is 0 Å². The zero-order valence-electron chi connectivity index (χ0n) is 10.1. The number of carbonyl (C=O) groups excluding carboxylic acids is 1. The van der Waals surface area contributed by atoms with Crippen molar-refractivity contribution in [2.75, 3.05) is 0 Å². The standard InChI is InChI=1S/C12H21N3O/c1-3-5-11(13)7-12(16)6-10-8-14-15(4-2)9-10/h8-9,11H,3-7,13H2,1-2H3. The Balaban J connectivity index is 2.39. The van der Waals surface area contributed by atoms with Crippen LogP contribution in [0.1, 0.15) is 38.7 Å². The Morgan fingerprint density at radius 3 is 2.88 bits per heavy atom. The third-order valence-corrected chi connectivity index (χ3v) is 2.56. The van der Waals surface area contributed by atoms with Gasteiger partial charge in [-0.05, 0) is 18.9 Å². The van der Waals surface area contributed by atoms with E-state index in [0.717, 1.165) is 24.9 Å². The summed E-state index contributed by atoms with van der Waals surface area (Å²) in [7, 11) is 0. The fourth-order valence-electron chi connectivity index (χ4n) is 1.74. The molecule has 1 aromatic rings. The number of hydrogen-bond acceptors (Lipinski definition) is 3. The molecule has 0 fully saturated rings. The van der Waals surface area contributed by atoms with E-state index in [9.17, 15) is 4.79 Å². The molecule has 1 atom stereocenters. The van der Waals surface area contributed by atoms with Crippen LogP contribution in [-0.2, 0) is 17.8 Å². The summed E-state index contributed by atoms with van der Waals surface area (Å²) in [6.07, 6.45) is 6.56. The van der Waals surface area contributed by atoms with Crippen LogP contribution in [-0.4, -0.2) is 21.6 Å². The Bertz CT molecular complexity index is 333. The Labute approximate surface area is 96.8 Å². The van der Waals surface area contributed by atoms with E-state index in [2.05, 4.69) is 12.0 Å². The highest BCUT2D eigenvalue weighted by molar-refractivity contribution is 5.81. The fraction of sp³-hybridized carbons (Fsp3) is 0.667. The Kier molecular flexibility index (Phi) is 5.19. The first kappa shape index (κ1) is 12.9. The SMILES string of the molecule is CCCC(N)CC(=O)Cc1cnn(CC)c1. The number of nitrogens with zero attached hydrogens (tertiary/aromatic N) is 2. The van der Waals surface area contributed by atoms with Crippen molar-refractivity contribution in [3.8, 4) is 0 Å². The number of hydrogen-bond donors (Lipinski definition) is 1. The van der Waals surface area contributed by atoms with Crippen LogP contribution in [0.15, 0.2) is 12.4 Å². The second-order valence-electron chi connectivity index (χ2n) is 4.17. The van der Waals surface area contributed by atoms with Crippen LogP contribution in [0.4, 0.5) is 0 Å². The minimum absolute atomic E-state index is 0.0127. The number of Topliss-reactive ketones (excluding diaryl/α,β-unsaturated/α-hetero) is 1. The molecule has 0 aliphatic rings. The predicted octanol–water partition coefficient (Wildman–Crippen LogP) is 1.53. The molecule has 4 heteroatoms. The first-order valence-corrected chi connectivity index (χ1v) is 5.94. The maximum atomic E-state index is 11.7. The number of carbonyl (C=O) groups is 1. The third kappa shape index (κ3) is 4.14. The van der Waals surface area contributed by atoms with Gasteiger partial charge in [-0.1, -0.05) is 13.3 Å². The fourth-order valence-corrected chi connectivity index (χ4v) is 1.74. The minimum Gasteiger partial charge on any atom is -0.327 e. The Morgan fingerprint density at radius 1 is 1.56 bits per heavy atom. The van der Waals surface area contributed by atoms with Gasteiger partial charge in [0.05, 0.1) is 6.20 Å². The molecule has 0 aliphatic carbocycles. The molecule has 2 N–H and O–H groups in total. The highest BCUT2D eigenvalue weighted by Gasteiger charge is 2.10. The maximum Gasteiger partial charge on any atom is 0.138 e. The summed E-state index contributed by atoms with van der Waals surface area (Å²) in [5.41, 5.74) is 6.81. The van der Waals surface area contributed by atoms with E-state index < -0.39 is 0 Å². The van der Waals surface area contributed by atoms with Crippen LogP contribution in [0.5, 0.6) is 0 Å². The van der Waals surface area contributed by atoms with Gasteiger partial charge in [0.25, 0.3) is 0 Å².